The van der Waals surface area contributed by atoms with Crippen molar-refractivity contribution in [2.75, 3.05) is 27.4 Å². The molecule has 0 saturated carbocycles. The Balaban J connectivity index is 2.79. The van der Waals surface area contributed by atoms with E-state index in [1.165, 1.54) is 26.4 Å². The SMILES string of the molecule is COc1cc(Cl)c(C(Cl)COCC(F)(F)F)cc1OC. The van der Waals surface area contributed by atoms with Crippen LogP contribution >= 0.6 is 23.2 Å². The molecule has 1 unspecified atom stereocenters. The summed E-state index contributed by atoms with van der Waals surface area (Å²) in [5, 5.41) is -0.567. The molecule has 1 aromatic carbocycles. The van der Waals surface area contributed by atoms with E-state index in [1.54, 1.807) is 0 Å². The number of halogens is 5. The molecule has 114 valence electrons. The van der Waals surface area contributed by atoms with Crippen molar-refractivity contribution in [3.05, 3.63) is 22.7 Å². The van der Waals surface area contributed by atoms with Crippen molar-refractivity contribution in [1.82, 2.24) is 0 Å². The van der Waals surface area contributed by atoms with E-state index in [4.69, 9.17) is 32.7 Å². The van der Waals surface area contributed by atoms with Gasteiger partial charge in [-0.15, -0.1) is 11.6 Å². The van der Waals surface area contributed by atoms with E-state index in [0.29, 0.717) is 17.1 Å². The third-order valence-electron chi connectivity index (χ3n) is 2.37. The molecule has 0 aliphatic heterocycles. The van der Waals surface area contributed by atoms with Crippen LogP contribution in [0.25, 0.3) is 0 Å². The van der Waals surface area contributed by atoms with Crippen LogP contribution in [0.3, 0.4) is 0 Å². The lowest BCUT2D eigenvalue weighted by Gasteiger charge is -2.16. The van der Waals surface area contributed by atoms with Crippen LogP contribution in [0.1, 0.15) is 10.9 Å². The van der Waals surface area contributed by atoms with E-state index >= 15 is 0 Å². The Hall–Kier alpha value is -0.850. The van der Waals surface area contributed by atoms with Gasteiger partial charge in [-0.05, 0) is 11.6 Å². The summed E-state index contributed by atoms with van der Waals surface area (Å²) in [6, 6.07) is 2.99. The Labute approximate surface area is 124 Å². The molecular weight excluding hydrogens is 320 g/mol. The molecule has 20 heavy (non-hydrogen) atoms. The fourth-order valence-electron chi connectivity index (χ4n) is 1.48. The van der Waals surface area contributed by atoms with Crippen molar-refractivity contribution in [2.24, 2.45) is 0 Å². The fourth-order valence-corrected chi connectivity index (χ4v) is 2.09. The molecule has 0 fully saturated rings. The Morgan fingerprint density at radius 2 is 1.70 bits per heavy atom. The summed E-state index contributed by atoms with van der Waals surface area (Å²) >= 11 is 12.0. The molecular formula is C12H13Cl2F3O3. The van der Waals surface area contributed by atoms with Gasteiger partial charge in [-0.2, -0.15) is 13.2 Å². The van der Waals surface area contributed by atoms with E-state index in [0.717, 1.165) is 0 Å². The summed E-state index contributed by atoms with van der Waals surface area (Å²) in [4.78, 5) is 0. The molecule has 0 N–H and O–H groups in total. The first-order valence-electron chi connectivity index (χ1n) is 5.48. The van der Waals surface area contributed by atoms with E-state index in [1.807, 2.05) is 0 Å². The predicted molar refractivity (Wildman–Crippen MR) is 70.0 cm³/mol. The van der Waals surface area contributed by atoms with Crippen molar-refractivity contribution in [1.29, 1.82) is 0 Å². The van der Waals surface area contributed by atoms with Crippen LogP contribution in [0.4, 0.5) is 13.2 Å². The monoisotopic (exact) mass is 332 g/mol. The van der Waals surface area contributed by atoms with Gasteiger partial charge in [-0.3, -0.25) is 0 Å². The molecule has 0 saturated heterocycles. The molecule has 8 heteroatoms. The predicted octanol–water partition coefficient (Wildman–Crippen LogP) is 4.22. The molecule has 0 heterocycles. The minimum atomic E-state index is -4.39. The number of ether oxygens (including phenoxy) is 3. The third-order valence-corrected chi connectivity index (χ3v) is 3.06. The first-order valence-corrected chi connectivity index (χ1v) is 6.30. The summed E-state index contributed by atoms with van der Waals surface area (Å²) in [5.74, 6) is 0.787. The van der Waals surface area contributed by atoms with Crippen molar-refractivity contribution >= 4 is 23.2 Å². The zero-order chi connectivity index (χ0) is 15.3. The van der Waals surface area contributed by atoms with Crippen LogP contribution in [-0.4, -0.2) is 33.6 Å². The van der Waals surface area contributed by atoms with Crippen LogP contribution < -0.4 is 9.47 Å². The van der Waals surface area contributed by atoms with Crippen LogP contribution in [0.5, 0.6) is 11.5 Å². The zero-order valence-corrected chi connectivity index (χ0v) is 12.3. The Morgan fingerprint density at radius 1 is 1.15 bits per heavy atom. The second kappa shape index (κ2) is 7.24. The van der Waals surface area contributed by atoms with Crippen LogP contribution in [-0.2, 0) is 4.74 Å². The maximum absolute atomic E-state index is 12.0. The van der Waals surface area contributed by atoms with Gasteiger partial charge in [0.05, 0.1) is 26.2 Å². The summed E-state index contributed by atoms with van der Waals surface area (Å²) in [6.45, 7) is -1.68. The topological polar surface area (TPSA) is 27.7 Å². The first-order chi connectivity index (χ1) is 9.28. The summed E-state index contributed by atoms with van der Waals surface area (Å²) in [5.41, 5.74) is 0.410. The van der Waals surface area contributed by atoms with Crippen molar-refractivity contribution in [2.45, 2.75) is 11.6 Å². The molecule has 0 amide bonds. The highest BCUT2D eigenvalue weighted by Gasteiger charge is 2.28. The van der Waals surface area contributed by atoms with Gasteiger partial charge in [0.1, 0.15) is 6.61 Å². The maximum atomic E-state index is 12.0. The number of rotatable bonds is 6. The maximum Gasteiger partial charge on any atom is 0.411 e. The number of benzene rings is 1. The normalized spacial score (nSPS) is 13.2. The van der Waals surface area contributed by atoms with Crippen LogP contribution in [0.2, 0.25) is 5.02 Å². The highest BCUT2D eigenvalue weighted by atomic mass is 35.5. The Kier molecular flexibility index (Phi) is 6.23. The molecule has 1 aromatic rings. The van der Waals surface area contributed by atoms with Gasteiger partial charge in [0.15, 0.2) is 11.5 Å². The smallest absolute Gasteiger partial charge is 0.411 e. The van der Waals surface area contributed by atoms with Gasteiger partial charge >= 0.3 is 6.18 Å². The van der Waals surface area contributed by atoms with Crippen LogP contribution in [0, 0.1) is 0 Å². The quantitative estimate of drug-likeness (QED) is 0.730. The van der Waals surface area contributed by atoms with Gasteiger partial charge in [-0.1, -0.05) is 11.6 Å². The minimum Gasteiger partial charge on any atom is -0.493 e. The average molecular weight is 333 g/mol. The molecule has 0 aliphatic rings. The molecule has 0 radical (unpaired) electrons. The van der Waals surface area contributed by atoms with Crippen molar-refractivity contribution in [3.63, 3.8) is 0 Å². The Bertz CT molecular complexity index is 452. The van der Waals surface area contributed by atoms with Gasteiger partial charge in [0, 0.05) is 11.1 Å². The van der Waals surface area contributed by atoms with E-state index < -0.39 is 18.2 Å². The van der Waals surface area contributed by atoms with E-state index in [2.05, 4.69) is 4.74 Å². The summed E-state index contributed by atoms with van der Waals surface area (Å²) in [7, 11) is 2.87. The third kappa shape index (κ3) is 4.92. The number of methoxy groups -OCH3 is 2. The lowest BCUT2D eigenvalue weighted by atomic mass is 10.1. The fraction of sp³-hybridized carbons (Fsp3) is 0.500. The lowest BCUT2D eigenvalue weighted by Crippen LogP contribution is -2.18. The van der Waals surface area contributed by atoms with Gasteiger partial charge < -0.3 is 14.2 Å². The lowest BCUT2D eigenvalue weighted by molar-refractivity contribution is -0.173. The standard InChI is InChI=1S/C12H13Cl2F3O3/c1-18-10-3-7(8(13)4-11(10)19-2)9(14)5-20-6-12(15,16)17/h3-4,9H,5-6H2,1-2H3. The molecule has 0 bridgehead atoms. The molecule has 1 rings (SSSR count). The summed E-state index contributed by atoms with van der Waals surface area (Å²) in [6.07, 6.45) is -4.39. The van der Waals surface area contributed by atoms with Crippen molar-refractivity contribution < 1.29 is 27.4 Å². The average Bonchev–Trinajstić information content (AvgIpc) is 2.36. The molecule has 3 nitrogen and oxygen atoms in total. The molecule has 0 spiro atoms. The Morgan fingerprint density at radius 3 is 2.20 bits per heavy atom. The molecule has 1 atom stereocenters. The largest absolute Gasteiger partial charge is 0.493 e. The van der Waals surface area contributed by atoms with Gasteiger partial charge in [-0.25, -0.2) is 0 Å². The van der Waals surface area contributed by atoms with Gasteiger partial charge in [0.2, 0.25) is 0 Å². The highest BCUT2D eigenvalue weighted by Crippen LogP contribution is 2.38. The number of hydrogen-bond donors (Lipinski definition) is 0. The second-order valence-electron chi connectivity index (χ2n) is 3.83. The van der Waals surface area contributed by atoms with E-state index in [-0.39, 0.29) is 11.6 Å². The number of alkyl halides is 4. The minimum absolute atomic E-state index is 0.262. The molecule has 0 aromatic heterocycles. The second-order valence-corrected chi connectivity index (χ2v) is 4.76. The van der Waals surface area contributed by atoms with Crippen LogP contribution in [0.15, 0.2) is 12.1 Å². The number of hydrogen-bond acceptors (Lipinski definition) is 3. The highest BCUT2D eigenvalue weighted by molar-refractivity contribution is 6.33. The summed E-state index contributed by atoms with van der Waals surface area (Å²) < 4.78 is 50.6. The van der Waals surface area contributed by atoms with E-state index in [9.17, 15) is 13.2 Å². The van der Waals surface area contributed by atoms with Crippen molar-refractivity contribution in [3.8, 4) is 11.5 Å². The molecule has 0 aliphatic carbocycles. The zero-order valence-electron chi connectivity index (χ0n) is 10.8. The first kappa shape index (κ1) is 17.2. The van der Waals surface area contributed by atoms with Gasteiger partial charge in [0.25, 0.3) is 0 Å².